The Morgan fingerprint density at radius 3 is 2.57 bits per heavy atom. The molecule has 1 N–H and O–H groups in total. The number of nitrogens with zero attached hydrogens (tertiary/aromatic N) is 1. The van der Waals surface area contributed by atoms with Crippen LogP contribution in [0.15, 0.2) is 47.6 Å². The summed E-state index contributed by atoms with van der Waals surface area (Å²) in [4.78, 5) is 4.07. The van der Waals surface area contributed by atoms with E-state index in [9.17, 15) is 12.8 Å². The van der Waals surface area contributed by atoms with Crippen LogP contribution in [0.4, 0.5) is 4.39 Å². The molecular weight excluding hydrogens is 319 g/mol. The fourth-order valence-electron chi connectivity index (χ4n) is 2.01. The van der Waals surface area contributed by atoms with Crippen LogP contribution in [-0.4, -0.2) is 32.8 Å². The van der Waals surface area contributed by atoms with Crippen molar-refractivity contribution in [3.05, 3.63) is 54.1 Å². The molecule has 0 saturated heterocycles. The molecule has 0 amide bonds. The standard InChI is InChI=1S/C16H19FN2O3S/c1-12(13-9-14(17)11-18-10-13)19-7-8-22-15-3-5-16(6-4-15)23(2,20)21/h3-6,9-12,19H,7-8H2,1-2H3/t12-/m0/s1. The summed E-state index contributed by atoms with van der Waals surface area (Å²) < 4.78 is 41.3. The molecule has 1 atom stereocenters. The van der Waals surface area contributed by atoms with Crippen LogP contribution in [0.2, 0.25) is 0 Å². The number of halogens is 1. The van der Waals surface area contributed by atoms with Gasteiger partial charge in [-0.25, -0.2) is 12.8 Å². The maximum atomic E-state index is 13.1. The highest BCUT2D eigenvalue weighted by Gasteiger charge is 2.07. The number of hydrogen-bond acceptors (Lipinski definition) is 5. The van der Waals surface area contributed by atoms with Crippen LogP contribution in [-0.2, 0) is 9.84 Å². The highest BCUT2D eigenvalue weighted by molar-refractivity contribution is 7.90. The number of aromatic nitrogens is 1. The van der Waals surface area contributed by atoms with Crippen molar-refractivity contribution in [3.63, 3.8) is 0 Å². The number of pyridine rings is 1. The molecule has 0 radical (unpaired) electrons. The third-order valence-electron chi connectivity index (χ3n) is 3.30. The van der Waals surface area contributed by atoms with Crippen LogP contribution in [0.3, 0.4) is 0 Å². The first kappa shape index (κ1) is 17.4. The molecule has 0 fully saturated rings. The highest BCUT2D eigenvalue weighted by Crippen LogP contribution is 2.16. The molecule has 0 spiro atoms. The van der Waals surface area contributed by atoms with Gasteiger partial charge in [0.1, 0.15) is 18.2 Å². The van der Waals surface area contributed by atoms with E-state index in [2.05, 4.69) is 10.3 Å². The summed E-state index contributed by atoms with van der Waals surface area (Å²) in [6, 6.07) is 7.66. The molecule has 124 valence electrons. The molecule has 0 unspecified atom stereocenters. The molecule has 2 aromatic rings. The Labute approximate surface area is 135 Å². The summed E-state index contributed by atoms with van der Waals surface area (Å²) in [5.41, 5.74) is 0.766. The van der Waals surface area contributed by atoms with E-state index >= 15 is 0 Å². The SMILES string of the molecule is C[C@H](NCCOc1ccc(S(C)(=O)=O)cc1)c1cncc(F)c1. The van der Waals surface area contributed by atoms with Crippen molar-refractivity contribution in [1.29, 1.82) is 0 Å². The fraction of sp³-hybridized carbons (Fsp3) is 0.312. The maximum absolute atomic E-state index is 13.1. The second-order valence-electron chi connectivity index (χ2n) is 5.20. The zero-order chi connectivity index (χ0) is 16.9. The summed E-state index contributed by atoms with van der Waals surface area (Å²) in [5.74, 6) is 0.234. The summed E-state index contributed by atoms with van der Waals surface area (Å²) in [5, 5.41) is 3.20. The Morgan fingerprint density at radius 1 is 1.26 bits per heavy atom. The Balaban J connectivity index is 1.79. The van der Waals surface area contributed by atoms with Gasteiger partial charge in [0.25, 0.3) is 0 Å². The van der Waals surface area contributed by atoms with Crippen LogP contribution in [0.25, 0.3) is 0 Å². The van der Waals surface area contributed by atoms with Crippen LogP contribution in [0, 0.1) is 5.82 Å². The molecule has 1 aromatic carbocycles. The molecular formula is C16H19FN2O3S. The predicted octanol–water partition coefficient (Wildman–Crippen LogP) is 2.35. The second-order valence-corrected chi connectivity index (χ2v) is 7.22. The van der Waals surface area contributed by atoms with Crippen molar-refractivity contribution >= 4 is 9.84 Å². The van der Waals surface area contributed by atoms with Gasteiger partial charge in [0, 0.05) is 25.0 Å². The molecule has 0 saturated carbocycles. The lowest BCUT2D eigenvalue weighted by Crippen LogP contribution is -2.24. The van der Waals surface area contributed by atoms with Crippen molar-refractivity contribution in [1.82, 2.24) is 10.3 Å². The van der Waals surface area contributed by atoms with Crippen molar-refractivity contribution in [3.8, 4) is 5.75 Å². The number of benzene rings is 1. The van der Waals surface area contributed by atoms with E-state index in [0.29, 0.717) is 18.9 Å². The number of sulfone groups is 1. The lowest BCUT2D eigenvalue weighted by Gasteiger charge is -2.14. The van der Waals surface area contributed by atoms with Gasteiger partial charge in [-0.1, -0.05) is 0 Å². The van der Waals surface area contributed by atoms with Gasteiger partial charge in [-0.15, -0.1) is 0 Å². The van der Waals surface area contributed by atoms with Crippen LogP contribution in [0.5, 0.6) is 5.75 Å². The fourth-order valence-corrected chi connectivity index (χ4v) is 2.64. The van der Waals surface area contributed by atoms with E-state index in [1.807, 2.05) is 6.92 Å². The molecule has 2 rings (SSSR count). The minimum Gasteiger partial charge on any atom is -0.492 e. The van der Waals surface area contributed by atoms with Gasteiger partial charge >= 0.3 is 0 Å². The van der Waals surface area contributed by atoms with Crippen LogP contribution >= 0.6 is 0 Å². The topological polar surface area (TPSA) is 68.3 Å². The third kappa shape index (κ3) is 5.30. The summed E-state index contributed by atoms with van der Waals surface area (Å²) >= 11 is 0. The first-order valence-electron chi connectivity index (χ1n) is 7.13. The largest absolute Gasteiger partial charge is 0.492 e. The summed E-state index contributed by atoms with van der Waals surface area (Å²) in [6.45, 7) is 2.88. The number of rotatable bonds is 7. The van der Waals surface area contributed by atoms with E-state index in [-0.39, 0.29) is 16.8 Å². The van der Waals surface area contributed by atoms with Gasteiger partial charge in [-0.05, 0) is 42.8 Å². The van der Waals surface area contributed by atoms with E-state index < -0.39 is 9.84 Å². The predicted molar refractivity (Wildman–Crippen MR) is 85.7 cm³/mol. The van der Waals surface area contributed by atoms with Crippen LogP contribution in [0.1, 0.15) is 18.5 Å². The first-order valence-corrected chi connectivity index (χ1v) is 9.02. The van der Waals surface area contributed by atoms with Crippen LogP contribution < -0.4 is 10.1 Å². The van der Waals surface area contributed by atoms with Crippen molar-refractivity contribution in [2.75, 3.05) is 19.4 Å². The maximum Gasteiger partial charge on any atom is 0.175 e. The van der Waals surface area contributed by atoms with Crippen molar-refractivity contribution < 1.29 is 17.5 Å². The van der Waals surface area contributed by atoms with E-state index in [0.717, 1.165) is 11.8 Å². The Kier molecular flexibility index (Phi) is 5.68. The average Bonchev–Trinajstić information content (AvgIpc) is 2.51. The highest BCUT2D eigenvalue weighted by atomic mass is 32.2. The molecule has 7 heteroatoms. The first-order chi connectivity index (χ1) is 10.9. The van der Waals surface area contributed by atoms with Gasteiger partial charge in [0.05, 0.1) is 11.1 Å². The third-order valence-corrected chi connectivity index (χ3v) is 4.43. The lowest BCUT2D eigenvalue weighted by molar-refractivity contribution is 0.307. The van der Waals surface area contributed by atoms with Gasteiger partial charge in [0.2, 0.25) is 0 Å². The van der Waals surface area contributed by atoms with Gasteiger partial charge < -0.3 is 10.1 Å². The summed E-state index contributed by atoms with van der Waals surface area (Å²) in [7, 11) is -3.19. The minimum absolute atomic E-state index is 0.0468. The quantitative estimate of drug-likeness (QED) is 0.785. The second kappa shape index (κ2) is 7.52. The zero-order valence-electron chi connectivity index (χ0n) is 13.0. The molecule has 1 aromatic heterocycles. The van der Waals surface area contributed by atoms with Gasteiger partial charge in [0.15, 0.2) is 9.84 Å². The monoisotopic (exact) mass is 338 g/mol. The smallest absolute Gasteiger partial charge is 0.175 e. The van der Waals surface area contributed by atoms with E-state index in [1.165, 1.54) is 24.4 Å². The molecule has 5 nitrogen and oxygen atoms in total. The van der Waals surface area contributed by atoms with Gasteiger partial charge in [-0.3, -0.25) is 4.98 Å². The molecule has 0 aliphatic rings. The molecule has 0 aliphatic carbocycles. The molecule has 0 bridgehead atoms. The number of hydrogen-bond donors (Lipinski definition) is 1. The number of nitrogens with one attached hydrogen (secondary N) is 1. The molecule has 0 aliphatic heterocycles. The van der Waals surface area contributed by atoms with Gasteiger partial charge in [-0.2, -0.15) is 0 Å². The Morgan fingerprint density at radius 2 is 1.96 bits per heavy atom. The average molecular weight is 338 g/mol. The van der Waals surface area contributed by atoms with Crippen molar-refractivity contribution in [2.45, 2.75) is 17.9 Å². The zero-order valence-corrected chi connectivity index (χ0v) is 13.8. The molecule has 23 heavy (non-hydrogen) atoms. The van der Waals surface area contributed by atoms with E-state index in [4.69, 9.17) is 4.74 Å². The molecule has 1 heterocycles. The minimum atomic E-state index is -3.19. The Bertz CT molecular complexity index is 748. The number of ether oxygens (including phenoxy) is 1. The Hall–Kier alpha value is -1.99. The van der Waals surface area contributed by atoms with Crippen molar-refractivity contribution in [2.24, 2.45) is 0 Å². The summed E-state index contributed by atoms with van der Waals surface area (Å²) in [6.07, 6.45) is 3.94. The lowest BCUT2D eigenvalue weighted by atomic mass is 10.1. The van der Waals surface area contributed by atoms with E-state index in [1.54, 1.807) is 18.3 Å². The normalized spacial score (nSPS) is 12.8.